The van der Waals surface area contributed by atoms with Crippen molar-refractivity contribution in [2.75, 3.05) is 0 Å². The Labute approximate surface area is 52.1 Å². The van der Waals surface area contributed by atoms with Crippen molar-refractivity contribution in [1.82, 2.24) is 0 Å². The largest absolute Gasteiger partial charge is 0.447 e. The van der Waals surface area contributed by atoms with Crippen molar-refractivity contribution in [3.05, 3.63) is 29.5 Å². The Kier molecular flexibility index (Phi) is 1.65. The summed E-state index contributed by atoms with van der Waals surface area (Å²) < 4.78 is 4.66. The summed E-state index contributed by atoms with van der Waals surface area (Å²) in [6.45, 7) is -0.136. The molecule has 2 N–H and O–H groups in total. The van der Waals surface area contributed by atoms with E-state index in [1.165, 1.54) is 6.26 Å². The van der Waals surface area contributed by atoms with Gasteiger partial charge in [-0.05, 0) is 12.1 Å². The standard InChI is InChI=1S/C6H7NO2/c7-6-5(4-8)2-1-3-9-6/h1-3,7-8H,4H2. The van der Waals surface area contributed by atoms with Crippen LogP contribution in [0.3, 0.4) is 0 Å². The van der Waals surface area contributed by atoms with Gasteiger partial charge in [-0.3, -0.25) is 5.41 Å². The highest BCUT2D eigenvalue weighted by Crippen LogP contribution is 1.87. The zero-order chi connectivity index (χ0) is 6.69. The highest BCUT2D eigenvalue weighted by atomic mass is 16.3. The quantitative estimate of drug-likeness (QED) is 0.565. The molecule has 3 heteroatoms. The summed E-state index contributed by atoms with van der Waals surface area (Å²) in [7, 11) is 0. The van der Waals surface area contributed by atoms with Crippen LogP contribution < -0.4 is 5.55 Å². The van der Waals surface area contributed by atoms with Crippen LogP contribution in [-0.4, -0.2) is 5.11 Å². The third-order valence-electron chi connectivity index (χ3n) is 1.02. The molecular weight excluding hydrogens is 118 g/mol. The third-order valence-corrected chi connectivity index (χ3v) is 1.02. The third kappa shape index (κ3) is 1.17. The predicted octanol–water partition coefficient (Wildman–Crippen LogP) is 0.251. The van der Waals surface area contributed by atoms with E-state index in [0.717, 1.165) is 0 Å². The lowest BCUT2D eigenvalue weighted by atomic mass is 10.3. The summed E-state index contributed by atoms with van der Waals surface area (Å²) in [5.74, 6) is 0. The van der Waals surface area contributed by atoms with Crippen molar-refractivity contribution in [2.45, 2.75) is 6.61 Å². The molecule has 0 fully saturated rings. The number of hydrogen-bond acceptors (Lipinski definition) is 3. The van der Waals surface area contributed by atoms with E-state index in [-0.39, 0.29) is 12.2 Å². The average molecular weight is 125 g/mol. The normalized spacial score (nSPS) is 9.44. The SMILES string of the molecule is N=c1occcc1CO. The van der Waals surface area contributed by atoms with Crippen molar-refractivity contribution in [3.63, 3.8) is 0 Å². The van der Waals surface area contributed by atoms with Gasteiger partial charge in [0.25, 0.3) is 0 Å². The molecule has 0 spiro atoms. The molecule has 0 atom stereocenters. The van der Waals surface area contributed by atoms with Crippen LogP contribution in [0.1, 0.15) is 5.56 Å². The first kappa shape index (κ1) is 6.04. The van der Waals surface area contributed by atoms with Crippen molar-refractivity contribution >= 4 is 0 Å². The van der Waals surface area contributed by atoms with Gasteiger partial charge in [0.15, 0.2) is 0 Å². The van der Waals surface area contributed by atoms with Crippen LogP contribution in [0, 0.1) is 5.41 Å². The summed E-state index contributed by atoms with van der Waals surface area (Å²) in [5.41, 5.74) is 0.539. The van der Waals surface area contributed by atoms with Crippen LogP contribution in [0.4, 0.5) is 0 Å². The number of hydrogen-bond donors (Lipinski definition) is 2. The second-order valence-electron chi connectivity index (χ2n) is 1.63. The lowest BCUT2D eigenvalue weighted by molar-refractivity contribution is 0.273. The van der Waals surface area contributed by atoms with E-state index in [0.29, 0.717) is 5.56 Å². The zero-order valence-corrected chi connectivity index (χ0v) is 4.79. The maximum absolute atomic E-state index is 8.54. The van der Waals surface area contributed by atoms with Gasteiger partial charge >= 0.3 is 0 Å². The molecular formula is C6H7NO2. The van der Waals surface area contributed by atoms with Crippen molar-refractivity contribution in [3.8, 4) is 0 Å². The Bertz CT molecular complexity index is 241. The smallest absolute Gasteiger partial charge is 0.216 e. The zero-order valence-electron chi connectivity index (χ0n) is 4.79. The maximum atomic E-state index is 8.54. The molecule has 3 nitrogen and oxygen atoms in total. The van der Waals surface area contributed by atoms with Crippen LogP contribution in [-0.2, 0) is 6.61 Å². The second-order valence-corrected chi connectivity index (χ2v) is 1.63. The van der Waals surface area contributed by atoms with E-state index in [9.17, 15) is 0 Å². The topological polar surface area (TPSA) is 57.2 Å². The van der Waals surface area contributed by atoms with Gasteiger partial charge in [0.05, 0.1) is 12.9 Å². The minimum atomic E-state index is -0.136. The van der Waals surface area contributed by atoms with E-state index >= 15 is 0 Å². The van der Waals surface area contributed by atoms with Crippen LogP contribution in [0.2, 0.25) is 0 Å². The minimum Gasteiger partial charge on any atom is -0.447 e. The van der Waals surface area contributed by atoms with Crippen molar-refractivity contribution in [1.29, 1.82) is 5.41 Å². The highest BCUT2D eigenvalue weighted by molar-refractivity contribution is 5.02. The van der Waals surface area contributed by atoms with Gasteiger partial charge in [0.2, 0.25) is 5.55 Å². The maximum Gasteiger partial charge on any atom is 0.216 e. The molecule has 1 aromatic rings. The van der Waals surface area contributed by atoms with Crippen LogP contribution in [0.5, 0.6) is 0 Å². The predicted molar refractivity (Wildman–Crippen MR) is 30.5 cm³/mol. The van der Waals surface area contributed by atoms with Gasteiger partial charge in [-0.25, -0.2) is 0 Å². The molecule has 1 aromatic heterocycles. The van der Waals surface area contributed by atoms with Gasteiger partial charge in [0, 0.05) is 5.56 Å². The molecule has 0 radical (unpaired) electrons. The Morgan fingerprint density at radius 2 is 2.44 bits per heavy atom. The van der Waals surface area contributed by atoms with Gasteiger partial charge in [0.1, 0.15) is 0 Å². The molecule has 9 heavy (non-hydrogen) atoms. The van der Waals surface area contributed by atoms with E-state index in [1.807, 2.05) is 0 Å². The molecule has 0 bridgehead atoms. The van der Waals surface area contributed by atoms with E-state index < -0.39 is 0 Å². The van der Waals surface area contributed by atoms with Gasteiger partial charge in [-0.1, -0.05) is 0 Å². The lowest BCUT2D eigenvalue weighted by Crippen LogP contribution is -2.05. The van der Waals surface area contributed by atoms with Gasteiger partial charge < -0.3 is 9.52 Å². The molecule has 0 saturated carbocycles. The summed E-state index contributed by atoms with van der Waals surface area (Å²) in [6.07, 6.45) is 1.40. The molecule has 0 aliphatic rings. The van der Waals surface area contributed by atoms with Crippen LogP contribution in [0.25, 0.3) is 0 Å². The Morgan fingerprint density at radius 1 is 1.67 bits per heavy atom. The van der Waals surface area contributed by atoms with E-state index in [1.54, 1.807) is 12.1 Å². The first-order valence-corrected chi connectivity index (χ1v) is 2.56. The molecule has 0 aliphatic heterocycles. The number of rotatable bonds is 1. The number of aliphatic hydroxyl groups is 1. The molecule has 48 valence electrons. The van der Waals surface area contributed by atoms with E-state index in [2.05, 4.69) is 4.42 Å². The second kappa shape index (κ2) is 2.46. The van der Waals surface area contributed by atoms with E-state index in [4.69, 9.17) is 10.5 Å². The van der Waals surface area contributed by atoms with Crippen LogP contribution >= 0.6 is 0 Å². The summed E-state index contributed by atoms with van der Waals surface area (Å²) >= 11 is 0. The molecule has 0 saturated heterocycles. The summed E-state index contributed by atoms with van der Waals surface area (Å²) in [4.78, 5) is 0. The molecule has 1 rings (SSSR count). The first-order chi connectivity index (χ1) is 4.34. The Hall–Kier alpha value is -1.09. The molecule has 0 unspecified atom stereocenters. The van der Waals surface area contributed by atoms with Gasteiger partial charge in [-0.2, -0.15) is 0 Å². The minimum absolute atomic E-state index is 0.0278. The fourth-order valence-electron chi connectivity index (χ4n) is 0.539. The molecule has 0 aromatic carbocycles. The highest BCUT2D eigenvalue weighted by Gasteiger charge is 1.90. The fraction of sp³-hybridized carbons (Fsp3) is 0.167. The molecule has 0 aliphatic carbocycles. The number of aliphatic hydroxyl groups excluding tert-OH is 1. The summed E-state index contributed by atoms with van der Waals surface area (Å²) in [5, 5.41) is 15.6. The lowest BCUT2D eigenvalue weighted by Gasteiger charge is -1.90. The Balaban J connectivity index is 3.16. The van der Waals surface area contributed by atoms with Crippen LogP contribution in [0.15, 0.2) is 22.8 Å². The van der Waals surface area contributed by atoms with Crippen molar-refractivity contribution < 1.29 is 9.52 Å². The monoisotopic (exact) mass is 125 g/mol. The molecule has 1 heterocycles. The molecule has 0 amide bonds. The summed E-state index contributed by atoms with van der Waals surface area (Å²) in [6, 6.07) is 3.29. The van der Waals surface area contributed by atoms with Crippen molar-refractivity contribution in [2.24, 2.45) is 0 Å². The average Bonchev–Trinajstić information content (AvgIpc) is 1.89. The van der Waals surface area contributed by atoms with Gasteiger partial charge in [-0.15, -0.1) is 0 Å². The fourth-order valence-corrected chi connectivity index (χ4v) is 0.539. The first-order valence-electron chi connectivity index (χ1n) is 2.56. The number of nitrogens with one attached hydrogen (secondary N) is 1. The Morgan fingerprint density at radius 3 is 2.89 bits per heavy atom.